The summed E-state index contributed by atoms with van der Waals surface area (Å²) in [4.78, 5) is 6.09. The van der Waals surface area contributed by atoms with E-state index in [2.05, 4.69) is 27.6 Å². The molecular weight excluding hydrogens is 311 g/mol. The minimum absolute atomic E-state index is 0.143. The zero-order valence-electron chi connectivity index (χ0n) is 8.08. The van der Waals surface area contributed by atoms with Crippen molar-refractivity contribution in [2.75, 3.05) is 13.3 Å². The molecule has 0 amide bonds. The molecule has 2 aliphatic heterocycles. The number of ether oxygens (including phenoxy) is 1. The minimum Gasteiger partial charge on any atom is -0.394 e. The van der Waals surface area contributed by atoms with E-state index in [-0.39, 0.29) is 12.8 Å². The molecule has 2 aliphatic rings. The van der Waals surface area contributed by atoms with Crippen LogP contribution in [0.4, 0.5) is 0 Å². The molecule has 0 saturated carbocycles. The van der Waals surface area contributed by atoms with E-state index < -0.39 is 12.2 Å². The average molecular weight is 324 g/mol. The number of halogens is 1. The van der Waals surface area contributed by atoms with Gasteiger partial charge in [-0.25, -0.2) is 0 Å². The van der Waals surface area contributed by atoms with Crippen molar-refractivity contribution in [3.8, 4) is 0 Å². The first-order valence-corrected chi connectivity index (χ1v) is 5.86. The van der Waals surface area contributed by atoms with Crippen LogP contribution in [0.2, 0.25) is 0 Å². The van der Waals surface area contributed by atoms with Crippen LogP contribution in [0.3, 0.4) is 0 Å². The monoisotopic (exact) mass is 324 g/mol. The van der Waals surface area contributed by atoms with Gasteiger partial charge in [0.15, 0.2) is 0 Å². The maximum absolute atomic E-state index is 9.58. The molecule has 1 saturated heterocycles. The second kappa shape index (κ2) is 4.77. The zero-order chi connectivity index (χ0) is 10.8. The minimum atomic E-state index is -0.586. The molecule has 6 heteroatoms. The van der Waals surface area contributed by atoms with Crippen LogP contribution in [0.1, 0.15) is 6.42 Å². The van der Waals surface area contributed by atoms with Crippen LogP contribution in [-0.4, -0.2) is 53.0 Å². The van der Waals surface area contributed by atoms with Gasteiger partial charge in [-0.1, -0.05) is 0 Å². The quantitative estimate of drug-likeness (QED) is 0.706. The van der Waals surface area contributed by atoms with Crippen LogP contribution in [0, 0.1) is 0 Å². The summed E-state index contributed by atoms with van der Waals surface area (Å²) in [5.41, 5.74) is 0. The molecule has 0 aromatic carbocycles. The Morgan fingerprint density at radius 2 is 2.47 bits per heavy atom. The second-order valence-electron chi connectivity index (χ2n) is 3.60. The number of rotatable bonds is 2. The van der Waals surface area contributed by atoms with E-state index in [0.29, 0.717) is 13.1 Å². The molecular formula is C9H13IN2O3. The fourth-order valence-corrected chi connectivity index (χ4v) is 2.27. The van der Waals surface area contributed by atoms with E-state index in [4.69, 9.17) is 9.84 Å². The summed E-state index contributed by atoms with van der Waals surface area (Å²) in [6, 6.07) is 0. The maximum atomic E-state index is 9.58. The van der Waals surface area contributed by atoms with E-state index in [1.165, 1.54) is 0 Å². The largest absolute Gasteiger partial charge is 0.394 e. The van der Waals surface area contributed by atoms with Crippen molar-refractivity contribution in [3.63, 3.8) is 0 Å². The van der Waals surface area contributed by atoms with Crippen molar-refractivity contribution in [2.24, 2.45) is 4.99 Å². The van der Waals surface area contributed by atoms with Gasteiger partial charge in [0.1, 0.15) is 19.0 Å². The summed E-state index contributed by atoms with van der Waals surface area (Å²) in [5, 5.41) is 18.5. The predicted molar refractivity (Wildman–Crippen MR) is 63.7 cm³/mol. The Morgan fingerprint density at radius 1 is 1.67 bits per heavy atom. The van der Waals surface area contributed by atoms with Gasteiger partial charge in [0.25, 0.3) is 0 Å². The molecule has 0 aromatic heterocycles. The molecule has 2 heterocycles. The van der Waals surface area contributed by atoms with Crippen LogP contribution in [0.5, 0.6) is 0 Å². The summed E-state index contributed by atoms with van der Waals surface area (Å²) in [6.45, 7) is 0.400. The van der Waals surface area contributed by atoms with Gasteiger partial charge >= 0.3 is 0 Å². The van der Waals surface area contributed by atoms with Gasteiger partial charge in [0.05, 0.1) is 12.7 Å². The Hall–Kier alpha value is -0.180. The van der Waals surface area contributed by atoms with E-state index in [1.807, 2.05) is 11.1 Å². The number of nitrogens with zero attached hydrogens (tertiary/aromatic N) is 2. The number of aliphatic imine (C=N–C) groups is 1. The predicted octanol–water partition coefficient (Wildman–Crippen LogP) is 0.0749. The van der Waals surface area contributed by atoms with Crippen molar-refractivity contribution in [2.45, 2.75) is 24.9 Å². The summed E-state index contributed by atoms with van der Waals surface area (Å²) >= 11 is 2.18. The number of allylic oxidation sites excluding steroid dienone is 1. The molecule has 0 aliphatic carbocycles. The van der Waals surface area contributed by atoms with Crippen LogP contribution in [0.15, 0.2) is 14.8 Å². The van der Waals surface area contributed by atoms with E-state index in [9.17, 15) is 5.11 Å². The maximum Gasteiger partial charge on any atom is 0.134 e. The molecule has 15 heavy (non-hydrogen) atoms. The number of hydrogen-bond acceptors (Lipinski definition) is 5. The Balaban J connectivity index is 1.99. The van der Waals surface area contributed by atoms with Gasteiger partial charge in [-0.3, -0.25) is 4.99 Å². The first-order valence-electron chi connectivity index (χ1n) is 4.78. The normalized spacial score (nSPS) is 35.8. The smallest absolute Gasteiger partial charge is 0.134 e. The summed E-state index contributed by atoms with van der Waals surface area (Å²) in [6.07, 6.45) is 3.03. The highest BCUT2D eigenvalue weighted by molar-refractivity contribution is 14.1. The van der Waals surface area contributed by atoms with Crippen molar-refractivity contribution in [3.05, 3.63) is 9.78 Å². The van der Waals surface area contributed by atoms with Crippen LogP contribution in [0.25, 0.3) is 0 Å². The number of aliphatic hydroxyl groups excluding tert-OH is 2. The van der Waals surface area contributed by atoms with Crippen LogP contribution in [-0.2, 0) is 4.74 Å². The first kappa shape index (κ1) is 11.3. The summed E-state index contributed by atoms with van der Waals surface area (Å²) in [7, 11) is 0. The van der Waals surface area contributed by atoms with E-state index >= 15 is 0 Å². The van der Waals surface area contributed by atoms with Gasteiger partial charge < -0.3 is 19.8 Å². The van der Waals surface area contributed by atoms with Gasteiger partial charge in [0.2, 0.25) is 0 Å². The first-order chi connectivity index (χ1) is 7.20. The lowest BCUT2D eigenvalue weighted by Crippen LogP contribution is -2.33. The highest BCUT2D eigenvalue weighted by atomic mass is 127. The molecule has 0 bridgehead atoms. The lowest BCUT2D eigenvalue weighted by molar-refractivity contribution is -0.0636. The Kier molecular flexibility index (Phi) is 3.60. The molecule has 1 fully saturated rings. The Morgan fingerprint density at radius 3 is 3.07 bits per heavy atom. The van der Waals surface area contributed by atoms with E-state index in [0.717, 1.165) is 3.58 Å². The molecule has 2 N–H and O–H groups in total. The van der Waals surface area contributed by atoms with E-state index in [1.54, 1.807) is 6.21 Å². The molecule has 84 valence electrons. The third-order valence-corrected chi connectivity index (χ3v) is 3.06. The zero-order valence-corrected chi connectivity index (χ0v) is 10.2. The molecule has 5 nitrogen and oxygen atoms in total. The standard InChI is InChI=1S/C9H13IN2O3/c10-6-2-11-5-12(3-6)9-1-7(14)8(4-13)15-9/h2-3,7-9,13-14H,1,4-5H2/t7-,8+,9+/m0/s1. The lowest BCUT2D eigenvalue weighted by atomic mass is 10.2. The number of hydrogen-bond donors (Lipinski definition) is 2. The highest BCUT2D eigenvalue weighted by Crippen LogP contribution is 2.25. The SMILES string of the molecule is OC[C@H]1O[C@@H](N2C=C(I)C=NC2)C[C@@H]1O. The average Bonchev–Trinajstić information content (AvgIpc) is 2.60. The number of aliphatic hydroxyl groups is 2. The molecule has 2 rings (SSSR count). The molecule has 0 radical (unpaired) electrons. The van der Waals surface area contributed by atoms with Gasteiger partial charge in [-0.15, -0.1) is 0 Å². The Bertz CT molecular complexity index is 295. The summed E-state index contributed by atoms with van der Waals surface area (Å²) in [5.74, 6) is 0. The molecule has 0 unspecified atom stereocenters. The van der Waals surface area contributed by atoms with Gasteiger partial charge in [-0.05, 0) is 22.6 Å². The highest BCUT2D eigenvalue weighted by Gasteiger charge is 2.36. The topological polar surface area (TPSA) is 65.3 Å². The van der Waals surface area contributed by atoms with Gasteiger partial charge in [-0.2, -0.15) is 0 Å². The van der Waals surface area contributed by atoms with Crippen molar-refractivity contribution in [1.82, 2.24) is 4.90 Å². The van der Waals surface area contributed by atoms with Crippen LogP contribution >= 0.6 is 22.6 Å². The lowest BCUT2D eigenvalue weighted by Gasteiger charge is -2.27. The molecule has 3 atom stereocenters. The third-order valence-electron chi connectivity index (χ3n) is 2.50. The van der Waals surface area contributed by atoms with Gasteiger partial charge in [0, 0.05) is 22.4 Å². The molecule has 0 spiro atoms. The van der Waals surface area contributed by atoms with Crippen molar-refractivity contribution >= 4 is 28.8 Å². The van der Waals surface area contributed by atoms with Crippen molar-refractivity contribution in [1.29, 1.82) is 0 Å². The molecule has 0 aromatic rings. The second-order valence-corrected chi connectivity index (χ2v) is 4.84. The third kappa shape index (κ3) is 2.49. The fraction of sp³-hybridized carbons (Fsp3) is 0.667. The van der Waals surface area contributed by atoms with Crippen molar-refractivity contribution < 1.29 is 14.9 Å². The van der Waals surface area contributed by atoms with Crippen LogP contribution < -0.4 is 0 Å². The summed E-state index contributed by atoms with van der Waals surface area (Å²) < 4.78 is 6.55. The fourth-order valence-electron chi connectivity index (χ4n) is 1.71. The Labute approximate surface area is 102 Å².